The summed E-state index contributed by atoms with van der Waals surface area (Å²) in [5, 5.41) is 10.0. The van der Waals surface area contributed by atoms with Crippen molar-refractivity contribution < 1.29 is 14.6 Å². The molecular weight excluding hydrogens is 564 g/mol. The van der Waals surface area contributed by atoms with E-state index in [1.54, 1.807) is 12.4 Å². The molecule has 0 aliphatic carbocycles. The number of ether oxygens (including phenoxy) is 2. The molecule has 0 spiro atoms. The van der Waals surface area contributed by atoms with E-state index in [-0.39, 0.29) is 6.61 Å². The van der Waals surface area contributed by atoms with Crippen LogP contribution in [-0.2, 0) is 19.8 Å². The number of aromatic nitrogens is 1. The van der Waals surface area contributed by atoms with E-state index in [1.807, 2.05) is 54.6 Å². The number of benzene rings is 3. The molecule has 0 aliphatic rings. The Morgan fingerprint density at radius 3 is 2.45 bits per heavy atom. The third-order valence-corrected chi connectivity index (χ3v) is 7.36. The molecule has 4 rings (SSSR count). The van der Waals surface area contributed by atoms with E-state index in [9.17, 15) is 5.11 Å². The number of hydrogen-bond donors (Lipinski definition) is 1. The van der Waals surface area contributed by atoms with Crippen molar-refractivity contribution in [2.24, 2.45) is 0 Å². The minimum absolute atomic E-state index is 0.0950. The number of nitrogens with zero attached hydrogens (tertiary/aromatic N) is 2. The number of halogens is 2. The fourth-order valence-corrected chi connectivity index (χ4v) is 5.09. The fraction of sp³-hybridized carbons (Fsp3) is 0.258. The predicted octanol–water partition coefficient (Wildman–Crippen LogP) is 7.53. The van der Waals surface area contributed by atoms with Crippen LogP contribution in [0.3, 0.4) is 0 Å². The molecule has 1 aromatic heterocycles. The lowest BCUT2D eigenvalue weighted by atomic mass is 10.0. The summed E-state index contributed by atoms with van der Waals surface area (Å²) in [6.45, 7) is 5.00. The van der Waals surface area contributed by atoms with Crippen LogP contribution in [0.25, 0.3) is 11.1 Å². The van der Waals surface area contributed by atoms with Crippen LogP contribution in [-0.4, -0.2) is 34.7 Å². The second-order valence-corrected chi connectivity index (χ2v) is 10.2. The monoisotopic (exact) mass is 594 g/mol. The maximum absolute atomic E-state index is 9.52. The van der Waals surface area contributed by atoms with Crippen LogP contribution in [0.5, 0.6) is 11.5 Å². The Kier molecular flexibility index (Phi) is 10.6. The molecule has 0 saturated carbocycles. The SMILES string of the molecule is CCCN(CCO)Cc1cc(Cl)c(OCc2cccc(-c3ccccc3)c2Br)cc1OCc1cccnc1. The summed E-state index contributed by atoms with van der Waals surface area (Å²) in [6.07, 6.45) is 4.52. The molecule has 1 N–H and O–H groups in total. The number of pyridine rings is 1. The normalized spacial score (nSPS) is 11.1. The quantitative estimate of drug-likeness (QED) is 0.173. The Balaban J connectivity index is 1.58. The Morgan fingerprint density at radius 1 is 0.895 bits per heavy atom. The third-order valence-electron chi connectivity index (χ3n) is 6.13. The highest BCUT2D eigenvalue weighted by molar-refractivity contribution is 9.10. The Hall–Kier alpha value is -2.90. The van der Waals surface area contributed by atoms with Gasteiger partial charge in [0, 0.05) is 52.7 Å². The van der Waals surface area contributed by atoms with E-state index in [2.05, 4.69) is 50.9 Å². The average molecular weight is 596 g/mol. The molecule has 4 aromatic rings. The van der Waals surface area contributed by atoms with Gasteiger partial charge in [-0.15, -0.1) is 0 Å². The van der Waals surface area contributed by atoms with Gasteiger partial charge in [-0.2, -0.15) is 0 Å². The van der Waals surface area contributed by atoms with Crippen molar-refractivity contribution >= 4 is 27.5 Å². The van der Waals surface area contributed by atoms with Gasteiger partial charge in [0.15, 0.2) is 0 Å². The molecular formula is C31H32BrClN2O3. The van der Waals surface area contributed by atoms with Crippen LogP contribution in [0.2, 0.25) is 5.02 Å². The first-order chi connectivity index (χ1) is 18.6. The Labute approximate surface area is 238 Å². The Bertz CT molecular complexity index is 1300. The second-order valence-electron chi connectivity index (χ2n) is 8.97. The summed E-state index contributed by atoms with van der Waals surface area (Å²) in [5.41, 5.74) is 5.17. The van der Waals surface area contributed by atoms with Crippen LogP contribution in [0.15, 0.2) is 89.7 Å². The highest BCUT2D eigenvalue weighted by Crippen LogP contribution is 2.36. The zero-order chi connectivity index (χ0) is 26.7. The lowest BCUT2D eigenvalue weighted by Crippen LogP contribution is -2.27. The minimum atomic E-state index is 0.0950. The number of aliphatic hydroxyl groups excluding tert-OH is 1. The van der Waals surface area contributed by atoms with E-state index in [4.69, 9.17) is 21.1 Å². The third kappa shape index (κ3) is 7.58. The molecule has 0 bridgehead atoms. The van der Waals surface area contributed by atoms with E-state index in [1.165, 1.54) is 0 Å². The standard InChI is InChI=1S/C31H32BrClN2O3/c1-2-14-35(15-16-36)20-26-17-28(33)30(18-29(26)37-21-23-8-7-13-34-19-23)38-22-25-11-6-12-27(31(25)32)24-9-4-3-5-10-24/h3-13,17-19,36H,2,14-16,20-22H2,1H3. The first-order valence-electron chi connectivity index (χ1n) is 12.7. The van der Waals surface area contributed by atoms with Crippen molar-refractivity contribution in [3.63, 3.8) is 0 Å². The number of aliphatic hydroxyl groups is 1. The summed E-state index contributed by atoms with van der Waals surface area (Å²) >= 11 is 10.5. The Morgan fingerprint density at radius 2 is 1.71 bits per heavy atom. The maximum Gasteiger partial charge on any atom is 0.142 e. The summed E-state index contributed by atoms with van der Waals surface area (Å²) in [5.74, 6) is 1.25. The zero-order valence-electron chi connectivity index (χ0n) is 21.4. The maximum atomic E-state index is 9.52. The molecule has 0 unspecified atom stereocenters. The average Bonchev–Trinajstić information content (AvgIpc) is 2.94. The van der Waals surface area contributed by atoms with Crippen LogP contribution >= 0.6 is 27.5 Å². The van der Waals surface area contributed by atoms with Crippen LogP contribution in [0.1, 0.15) is 30.0 Å². The molecule has 0 amide bonds. The topological polar surface area (TPSA) is 54.8 Å². The summed E-state index contributed by atoms with van der Waals surface area (Å²) in [4.78, 5) is 6.37. The first-order valence-corrected chi connectivity index (χ1v) is 13.9. The van der Waals surface area contributed by atoms with Crippen molar-refractivity contribution in [1.29, 1.82) is 0 Å². The van der Waals surface area contributed by atoms with Crippen molar-refractivity contribution in [3.8, 4) is 22.6 Å². The highest BCUT2D eigenvalue weighted by atomic mass is 79.9. The van der Waals surface area contributed by atoms with Crippen LogP contribution < -0.4 is 9.47 Å². The molecule has 0 aliphatic heterocycles. The van der Waals surface area contributed by atoms with Crippen molar-refractivity contribution in [1.82, 2.24) is 9.88 Å². The van der Waals surface area contributed by atoms with Gasteiger partial charge in [-0.3, -0.25) is 9.88 Å². The zero-order valence-corrected chi connectivity index (χ0v) is 23.8. The van der Waals surface area contributed by atoms with Crippen molar-refractivity contribution in [2.75, 3.05) is 19.7 Å². The van der Waals surface area contributed by atoms with Gasteiger partial charge in [-0.05, 0) is 52.2 Å². The summed E-state index contributed by atoms with van der Waals surface area (Å²) in [6, 6.07) is 24.0. The van der Waals surface area contributed by atoms with Crippen molar-refractivity contribution in [3.05, 3.63) is 111 Å². The summed E-state index contributed by atoms with van der Waals surface area (Å²) in [7, 11) is 0. The lowest BCUT2D eigenvalue weighted by molar-refractivity contribution is 0.187. The minimum Gasteiger partial charge on any atom is -0.488 e. The summed E-state index contributed by atoms with van der Waals surface area (Å²) < 4.78 is 13.5. The van der Waals surface area contributed by atoms with Gasteiger partial charge >= 0.3 is 0 Å². The molecule has 7 heteroatoms. The van der Waals surface area contributed by atoms with Gasteiger partial charge in [0.25, 0.3) is 0 Å². The van der Waals surface area contributed by atoms with Gasteiger partial charge in [0.05, 0.1) is 11.6 Å². The van der Waals surface area contributed by atoms with Gasteiger partial charge in [-0.25, -0.2) is 0 Å². The van der Waals surface area contributed by atoms with E-state index >= 15 is 0 Å². The van der Waals surface area contributed by atoms with E-state index in [0.717, 1.165) is 45.3 Å². The molecule has 38 heavy (non-hydrogen) atoms. The van der Waals surface area contributed by atoms with E-state index < -0.39 is 0 Å². The number of rotatable bonds is 13. The van der Waals surface area contributed by atoms with Gasteiger partial charge in [0.2, 0.25) is 0 Å². The van der Waals surface area contributed by atoms with Crippen LogP contribution in [0.4, 0.5) is 0 Å². The molecule has 0 atom stereocenters. The lowest BCUT2D eigenvalue weighted by Gasteiger charge is -2.23. The molecule has 3 aromatic carbocycles. The van der Waals surface area contributed by atoms with Gasteiger partial charge in [-0.1, -0.05) is 73.1 Å². The van der Waals surface area contributed by atoms with E-state index in [0.29, 0.717) is 42.8 Å². The first kappa shape index (κ1) is 28.1. The fourth-order valence-electron chi connectivity index (χ4n) is 4.24. The molecule has 0 radical (unpaired) electrons. The highest BCUT2D eigenvalue weighted by Gasteiger charge is 2.16. The molecule has 1 heterocycles. The second kappa shape index (κ2) is 14.3. The largest absolute Gasteiger partial charge is 0.488 e. The molecule has 0 fully saturated rings. The molecule has 198 valence electrons. The number of hydrogen-bond acceptors (Lipinski definition) is 5. The smallest absolute Gasteiger partial charge is 0.142 e. The molecule has 5 nitrogen and oxygen atoms in total. The van der Waals surface area contributed by atoms with Crippen molar-refractivity contribution in [2.45, 2.75) is 33.1 Å². The van der Waals surface area contributed by atoms with Gasteiger partial charge < -0.3 is 14.6 Å². The predicted molar refractivity (Wildman–Crippen MR) is 157 cm³/mol. The van der Waals surface area contributed by atoms with Crippen LogP contribution in [0, 0.1) is 0 Å². The molecule has 0 saturated heterocycles. The van der Waals surface area contributed by atoms with Gasteiger partial charge in [0.1, 0.15) is 24.7 Å².